The van der Waals surface area contributed by atoms with E-state index in [1.807, 2.05) is 18.2 Å². The third-order valence-corrected chi connectivity index (χ3v) is 4.01. The SMILES string of the molecule is Cl.Cl.O=C(CC1CCCN1)Nc1nnc(-c2ccccn2)s1. The smallest absolute Gasteiger partial charge is 0.227 e. The van der Waals surface area contributed by atoms with Gasteiger partial charge in [0, 0.05) is 18.7 Å². The van der Waals surface area contributed by atoms with Crippen molar-refractivity contribution >= 4 is 47.2 Å². The van der Waals surface area contributed by atoms with E-state index in [1.54, 1.807) is 6.20 Å². The van der Waals surface area contributed by atoms with Crippen molar-refractivity contribution in [2.24, 2.45) is 0 Å². The van der Waals surface area contributed by atoms with Crippen molar-refractivity contribution in [1.82, 2.24) is 20.5 Å². The molecular formula is C13H17Cl2N5OS. The molecule has 120 valence electrons. The maximum absolute atomic E-state index is 11.9. The predicted octanol–water partition coefficient (Wildman–Crippen LogP) is 2.52. The Bertz CT molecular complexity index is 589. The van der Waals surface area contributed by atoms with E-state index >= 15 is 0 Å². The summed E-state index contributed by atoms with van der Waals surface area (Å²) < 4.78 is 0. The Labute approximate surface area is 145 Å². The Balaban J connectivity index is 0.00000121. The highest BCUT2D eigenvalue weighted by atomic mass is 35.5. The largest absolute Gasteiger partial charge is 0.313 e. The topological polar surface area (TPSA) is 79.8 Å². The van der Waals surface area contributed by atoms with Gasteiger partial charge in [0.2, 0.25) is 11.0 Å². The molecule has 1 fully saturated rings. The van der Waals surface area contributed by atoms with Crippen molar-refractivity contribution in [2.75, 3.05) is 11.9 Å². The maximum Gasteiger partial charge on any atom is 0.227 e. The minimum atomic E-state index is -0.0203. The van der Waals surface area contributed by atoms with Crippen LogP contribution in [0.15, 0.2) is 24.4 Å². The average molecular weight is 362 g/mol. The molecule has 1 aliphatic rings. The summed E-state index contributed by atoms with van der Waals surface area (Å²) in [5.74, 6) is -0.0203. The van der Waals surface area contributed by atoms with E-state index in [9.17, 15) is 4.79 Å². The molecule has 0 radical (unpaired) electrons. The zero-order valence-electron chi connectivity index (χ0n) is 11.7. The van der Waals surface area contributed by atoms with Crippen LogP contribution in [0.3, 0.4) is 0 Å². The van der Waals surface area contributed by atoms with Crippen molar-refractivity contribution in [1.29, 1.82) is 0 Å². The highest BCUT2D eigenvalue weighted by molar-refractivity contribution is 7.18. The molecule has 0 saturated carbocycles. The van der Waals surface area contributed by atoms with Gasteiger partial charge < -0.3 is 10.6 Å². The molecule has 3 heterocycles. The quantitative estimate of drug-likeness (QED) is 0.874. The minimum Gasteiger partial charge on any atom is -0.313 e. The molecule has 1 amide bonds. The number of carbonyl (C=O) groups excluding carboxylic acids is 1. The van der Waals surface area contributed by atoms with Gasteiger partial charge in [-0.3, -0.25) is 9.78 Å². The van der Waals surface area contributed by atoms with Gasteiger partial charge >= 0.3 is 0 Å². The number of carbonyl (C=O) groups is 1. The molecule has 22 heavy (non-hydrogen) atoms. The lowest BCUT2D eigenvalue weighted by Crippen LogP contribution is -2.27. The fourth-order valence-corrected chi connectivity index (χ4v) is 2.93. The third-order valence-electron chi connectivity index (χ3n) is 3.15. The first-order valence-electron chi connectivity index (χ1n) is 6.59. The first kappa shape index (κ1) is 18.8. The number of anilines is 1. The van der Waals surface area contributed by atoms with Gasteiger partial charge in [0.05, 0.1) is 0 Å². The number of amides is 1. The van der Waals surface area contributed by atoms with E-state index in [2.05, 4.69) is 25.8 Å². The minimum absolute atomic E-state index is 0. The van der Waals surface area contributed by atoms with Gasteiger partial charge in [-0.2, -0.15) is 0 Å². The summed E-state index contributed by atoms with van der Waals surface area (Å²) in [7, 11) is 0. The fraction of sp³-hybridized carbons (Fsp3) is 0.385. The van der Waals surface area contributed by atoms with Crippen molar-refractivity contribution in [2.45, 2.75) is 25.3 Å². The molecule has 2 N–H and O–H groups in total. The van der Waals surface area contributed by atoms with Crippen LogP contribution in [0.5, 0.6) is 0 Å². The van der Waals surface area contributed by atoms with Gasteiger partial charge in [-0.25, -0.2) is 0 Å². The predicted molar refractivity (Wildman–Crippen MR) is 91.9 cm³/mol. The number of halogens is 2. The molecule has 0 spiro atoms. The Kier molecular flexibility index (Phi) is 7.67. The summed E-state index contributed by atoms with van der Waals surface area (Å²) in [6, 6.07) is 5.91. The second kappa shape index (κ2) is 8.99. The molecule has 3 rings (SSSR count). The number of nitrogens with one attached hydrogen (secondary N) is 2. The van der Waals surface area contributed by atoms with Crippen molar-refractivity contribution in [3.8, 4) is 10.7 Å². The molecule has 0 aromatic carbocycles. The first-order chi connectivity index (χ1) is 9.81. The van der Waals surface area contributed by atoms with E-state index in [0.29, 0.717) is 16.6 Å². The molecule has 1 aliphatic heterocycles. The summed E-state index contributed by atoms with van der Waals surface area (Å²) in [5.41, 5.74) is 0.767. The van der Waals surface area contributed by atoms with Crippen molar-refractivity contribution < 1.29 is 4.79 Å². The second-order valence-electron chi connectivity index (χ2n) is 4.67. The van der Waals surface area contributed by atoms with Gasteiger partial charge in [0.25, 0.3) is 0 Å². The normalized spacial score (nSPS) is 16.5. The van der Waals surface area contributed by atoms with E-state index in [-0.39, 0.29) is 36.8 Å². The molecule has 1 atom stereocenters. The van der Waals surface area contributed by atoms with Gasteiger partial charge in [0.1, 0.15) is 5.69 Å². The molecule has 2 aromatic heterocycles. The molecule has 6 nitrogen and oxygen atoms in total. The highest BCUT2D eigenvalue weighted by Gasteiger charge is 2.18. The molecule has 2 aromatic rings. The lowest BCUT2D eigenvalue weighted by atomic mass is 10.1. The van der Waals surface area contributed by atoms with Crippen LogP contribution in [0.4, 0.5) is 5.13 Å². The summed E-state index contributed by atoms with van der Waals surface area (Å²) in [4.78, 5) is 16.1. The number of aromatic nitrogens is 3. The van der Waals surface area contributed by atoms with E-state index < -0.39 is 0 Å². The monoisotopic (exact) mass is 361 g/mol. The van der Waals surface area contributed by atoms with Crippen LogP contribution >= 0.6 is 36.2 Å². The van der Waals surface area contributed by atoms with Crippen LogP contribution in [0.1, 0.15) is 19.3 Å². The first-order valence-corrected chi connectivity index (χ1v) is 7.41. The van der Waals surface area contributed by atoms with Crippen LogP contribution in [0, 0.1) is 0 Å². The average Bonchev–Trinajstić information content (AvgIpc) is 3.11. The van der Waals surface area contributed by atoms with Crippen LogP contribution in [-0.4, -0.2) is 33.7 Å². The summed E-state index contributed by atoms with van der Waals surface area (Å²) in [6.45, 7) is 1.00. The van der Waals surface area contributed by atoms with Crippen LogP contribution in [-0.2, 0) is 4.79 Å². The molecule has 9 heteroatoms. The zero-order valence-corrected chi connectivity index (χ0v) is 14.1. The molecule has 0 aliphatic carbocycles. The Hall–Kier alpha value is -1.28. The molecular weight excluding hydrogens is 345 g/mol. The summed E-state index contributed by atoms with van der Waals surface area (Å²) in [5, 5.41) is 15.4. The highest BCUT2D eigenvalue weighted by Crippen LogP contribution is 2.24. The number of nitrogens with zero attached hydrogens (tertiary/aromatic N) is 3. The molecule has 1 saturated heterocycles. The van der Waals surface area contributed by atoms with Gasteiger partial charge in [-0.1, -0.05) is 17.4 Å². The number of pyridine rings is 1. The van der Waals surface area contributed by atoms with Gasteiger partial charge in [0.15, 0.2) is 5.01 Å². The van der Waals surface area contributed by atoms with E-state index in [0.717, 1.165) is 25.1 Å². The van der Waals surface area contributed by atoms with Crippen molar-refractivity contribution in [3.05, 3.63) is 24.4 Å². The summed E-state index contributed by atoms with van der Waals surface area (Å²) >= 11 is 1.34. The van der Waals surface area contributed by atoms with E-state index in [1.165, 1.54) is 11.3 Å². The van der Waals surface area contributed by atoms with Crippen molar-refractivity contribution in [3.63, 3.8) is 0 Å². The van der Waals surface area contributed by atoms with Crippen LogP contribution in [0.25, 0.3) is 10.7 Å². The Morgan fingerprint density at radius 1 is 1.36 bits per heavy atom. The lowest BCUT2D eigenvalue weighted by Gasteiger charge is -2.08. The number of rotatable bonds is 4. The second-order valence-corrected chi connectivity index (χ2v) is 5.65. The van der Waals surface area contributed by atoms with Gasteiger partial charge in [-0.05, 0) is 31.5 Å². The zero-order chi connectivity index (χ0) is 13.8. The maximum atomic E-state index is 11.9. The molecule has 0 bridgehead atoms. The Morgan fingerprint density at radius 3 is 2.91 bits per heavy atom. The third kappa shape index (κ3) is 4.88. The number of hydrogen-bond acceptors (Lipinski definition) is 6. The standard InChI is InChI=1S/C13H15N5OS.2ClH/c19-11(8-9-4-3-7-14-9)16-13-18-17-12(20-13)10-5-1-2-6-15-10;;/h1-2,5-6,9,14H,3-4,7-8H2,(H,16,18,19);2*1H. The summed E-state index contributed by atoms with van der Waals surface area (Å²) in [6.07, 6.45) is 4.39. The van der Waals surface area contributed by atoms with Crippen LogP contribution in [0.2, 0.25) is 0 Å². The lowest BCUT2D eigenvalue weighted by molar-refractivity contribution is -0.116. The van der Waals surface area contributed by atoms with E-state index in [4.69, 9.17) is 0 Å². The number of hydrogen-bond donors (Lipinski definition) is 2. The molecule has 1 unspecified atom stereocenters. The fourth-order valence-electron chi connectivity index (χ4n) is 2.19. The van der Waals surface area contributed by atoms with Gasteiger partial charge in [-0.15, -0.1) is 35.0 Å². The Morgan fingerprint density at radius 2 is 2.23 bits per heavy atom. The van der Waals surface area contributed by atoms with Crippen LogP contribution < -0.4 is 10.6 Å².